The maximum absolute atomic E-state index is 14.1. The zero-order valence-electron chi connectivity index (χ0n) is 26.6. The van der Waals surface area contributed by atoms with Crippen molar-refractivity contribution in [2.45, 2.75) is 121 Å². The third-order valence-electron chi connectivity index (χ3n) is 9.44. The van der Waals surface area contributed by atoms with Crippen LogP contribution in [0.25, 0.3) is 0 Å². The van der Waals surface area contributed by atoms with Gasteiger partial charge in [-0.3, -0.25) is 14.5 Å². The molecule has 0 aromatic heterocycles. The molecular weight excluding hydrogens is 578 g/mol. The van der Waals surface area contributed by atoms with Crippen LogP contribution in [0.2, 0.25) is 0 Å². The van der Waals surface area contributed by atoms with E-state index in [9.17, 15) is 29.1 Å². The highest BCUT2D eigenvalue weighted by molar-refractivity contribution is 5.97. The van der Waals surface area contributed by atoms with Gasteiger partial charge in [0.1, 0.15) is 23.2 Å². The quantitative estimate of drug-likeness (QED) is 0.399. The molecule has 3 heterocycles. The number of hydrogen-bond acceptors (Lipinski definition) is 6. The van der Waals surface area contributed by atoms with E-state index in [2.05, 4.69) is 16.0 Å². The lowest BCUT2D eigenvalue weighted by molar-refractivity contribution is -0.146. The number of ether oxygens (including phenoxy) is 1. The van der Waals surface area contributed by atoms with E-state index in [1.807, 2.05) is 24.3 Å². The van der Waals surface area contributed by atoms with E-state index in [1.165, 1.54) is 4.90 Å². The van der Waals surface area contributed by atoms with Crippen LogP contribution in [0.1, 0.15) is 90.5 Å². The van der Waals surface area contributed by atoms with Crippen LogP contribution in [0.5, 0.6) is 0 Å². The van der Waals surface area contributed by atoms with Crippen molar-refractivity contribution in [2.24, 2.45) is 5.92 Å². The monoisotopic (exact) mass is 625 g/mol. The molecule has 5 atom stereocenters. The first-order chi connectivity index (χ1) is 21.4. The number of anilines is 1. The number of amides is 5. The van der Waals surface area contributed by atoms with E-state index in [-0.39, 0.29) is 24.9 Å². The molecule has 3 aliphatic heterocycles. The van der Waals surface area contributed by atoms with E-state index in [4.69, 9.17) is 4.74 Å². The molecule has 1 aromatic carbocycles. The Labute approximate surface area is 264 Å². The van der Waals surface area contributed by atoms with Crippen molar-refractivity contribution in [1.29, 1.82) is 0 Å². The second kappa shape index (κ2) is 13.3. The summed E-state index contributed by atoms with van der Waals surface area (Å²) in [4.78, 5) is 69.8. The van der Waals surface area contributed by atoms with Gasteiger partial charge in [0.25, 0.3) is 0 Å². The Hall–Kier alpha value is -3.83. The molecule has 1 aliphatic carbocycles. The molecule has 0 spiro atoms. The van der Waals surface area contributed by atoms with Crippen LogP contribution in [-0.4, -0.2) is 82.3 Å². The van der Waals surface area contributed by atoms with Gasteiger partial charge in [0, 0.05) is 18.8 Å². The first kappa shape index (κ1) is 32.6. The van der Waals surface area contributed by atoms with Crippen LogP contribution in [-0.2, 0) is 25.5 Å². The number of rotatable bonds is 3. The van der Waals surface area contributed by atoms with Crippen molar-refractivity contribution in [3.05, 3.63) is 29.8 Å². The molecule has 0 unspecified atom stereocenters. The second-order valence-electron chi connectivity index (χ2n) is 14.0. The van der Waals surface area contributed by atoms with Gasteiger partial charge in [-0.1, -0.05) is 50.3 Å². The van der Waals surface area contributed by atoms with Gasteiger partial charge >= 0.3 is 18.1 Å². The van der Waals surface area contributed by atoms with Crippen molar-refractivity contribution in [3.8, 4) is 0 Å². The number of benzene rings is 1. The third kappa shape index (κ3) is 7.53. The van der Waals surface area contributed by atoms with Crippen LogP contribution in [0, 0.1) is 5.92 Å². The molecule has 12 heteroatoms. The summed E-state index contributed by atoms with van der Waals surface area (Å²) in [6.07, 6.45) is 6.78. The number of urea groups is 1. The molecule has 45 heavy (non-hydrogen) atoms. The molecule has 4 N–H and O–H groups in total. The number of para-hydroxylation sites is 1. The highest BCUT2D eigenvalue weighted by atomic mass is 16.6. The normalized spacial score (nSPS) is 29.1. The van der Waals surface area contributed by atoms with Gasteiger partial charge in [0.15, 0.2) is 0 Å². The average molecular weight is 626 g/mol. The van der Waals surface area contributed by atoms with Gasteiger partial charge in [-0.25, -0.2) is 14.4 Å². The zero-order valence-corrected chi connectivity index (χ0v) is 26.6. The third-order valence-corrected chi connectivity index (χ3v) is 9.44. The topological polar surface area (TPSA) is 157 Å². The Balaban J connectivity index is 1.38. The number of carboxylic acid groups (broad SMARTS) is 1. The van der Waals surface area contributed by atoms with Crippen LogP contribution >= 0.6 is 0 Å². The first-order valence-corrected chi connectivity index (χ1v) is 16.4. The molecule has 5 amide bonds. The van der Waals surface area contributed by atoms with Crippen molar-refractivity contribution in [3.63, 3.8) is 0 Å². The molecule has 1 aromatic rings. The highest BCUT2D eigenvalue weighted by Gasteiger charge is 2.62. The lowest BCUT2D eigenvalue weighted by Crippen LogP contribution is -2.56. The van der Waals surface area contributed by atoms with Gasteiger partial charge < -0.3 is 30.7 Å². The average Bonchev–Trinajstić information content (AvgIpc) is 3.51. The summed E-state index contributed by atoms with van der Waals surface area (Å²) in [5.74, 6) is -2.24. The maximum Gasteiger partial charge on any atom is 0.408 e. The number of carbonyl (C=O) groups excluding carboxylic acids is 4. The van der Waals surface area contributed by atoms with E-state index < -0.39 is 53.1 Å². The molecule has 4 aliphatic rings. The minimum atomic E-state index is -1.35. The van der Waals surface area contributed by atoms with Crippen LogP contribution in [0.4, 0.5) is 15.3 Å². The standard InChI is InChI=1S/C33H47N5O7/c1-32(2,3)45-31(44)35-24-15-8-6-4-5-7-14-22-19-33(22,29(41)42)36-27(39)26-18-23(20-38(26)28(24)40)34-30(43)37-17-11-13-21-12-9-10-16-25(21)37/h9-10,12,16,22-24,26H,4-8,11,13-15,17-20H2,1-3H3,(H,34,43)(H,35,44)(H,36,39)(H,41,42)/t22-,23-,24+,26+,33-/m1/s1. The lowest BCUT2D eigenvalue weighted by atomic mass is 10.0. The predicted molar refractivity (Wildman–Crippen MR) is 167 cm³/mol. The maximum atomic E-state index is 14.1. The fraction of sp³-hybridized carbons (Fsp3) is 0.667. The summed E-state index contributed by atoms with van der Waals surface area (Å²) in [7, 11) is 0. The summed E-state index contributed by atoms with van der Waals surface area (Å²) in [6.45, 7) is 5.82. The fourth-order valence-electron chi connectivity index (χ4n) is 7.06. The van der Waals surface area contributed by atoms with Gasteiger partial charge in [0.05, 0.1) is 6.04 Å². The Kier molecular flexibility index (Phi) is 9.60. The number of nitrogens with zero attached hydrogens (tertiary/aromatic N) is 2. The number of alkyl carbamates (subject to hydrolysis) is 1. The molecular formula is C33H47N5O7. The number of carbonyl (C=O) groups is 5. The van der Waals surface area contributed by atoms with Crippen molar-refractivity contribution in [1.82, 2.24) is 20.9 Å². The van der Waals surface area contributed by atoms with E-state index in [0.29, 0.717) is 32.2 Å². The van der Waals surface area contributed by atoms with Gasteiger partial charge in [-0.2, -0.15) is 0 Å². The largest absolute Gasteiger partial charge is 0.479 e. The Morgan fingerprint density at radius 2 is 1.71 bits per heavy atom. The summed E-state index contributed by atoms with van der Waals surface area (Å²) < 4.78 is 5.45. The van der Waals surface area contributed by atoms with Gasteiger partial charge in [-0.05, 0) is 76.8 Å². The summed E-state index contributed by atoms with van der Waals surface area (Å²) in [5.41, 5.74) is -0.189. The van der Waals surface area contributed by atoms with Gasteiger partial charge in [0.2, 0.25) is 11.8 Å². The number of hydrogen-bond donors (Lipinski definition) is 4. The smallest absolute Gasteiger partial charge is 0.408 e. The highest BCUT2D eigenvalue weighted by Crippen LogP contribution is 2.47. The molecule has 2 saturated heterocycles. The fourth-order valence-corrected chi connectivity index (χ4v) is 7.06. The summed E-state index contributed by atoms with van der Waals surface area (Å²) in [6, 6.07) is 4.94. The van der Waals surface area contributed by atoms with Crippen molar-refractivity contribution >= 4 is 35.6 Å². The zero-order chi connectivity index (χ0) is 32.4. The minimum absolute atomic E-state index is 0.0497. The van der Waals surface area contributed by atoms with Crippen LogP contribution in [0.3, 0.4) is 0 Å². The molecule has 0 radical (unpaired) electrons. The van der Waals surface area contributed by atoms with Crippen molar-refractivity contribution in [2.75, 3.05) is 18.0 Å². The molecule has 1 saturated carbocycles. The Morgan fingerprint density at radius 1 is 1.00 bits per heavy atom. The van der Waals surface area contributed by atoms with Crippen LogP contribution in [0.15, 0.2) is 24.3 Å². The Morgan fingerprint density at radius 3 is 2.44 bits per heavy atom. The minimum Gasteiger partial charge on any atom is -0.479 e. The predicted octanol–water partition coefficient (Wildman–Crippen LogP) is 3.72. The lowest BCUT2D eigenvalue weighted by Gasteiger charge is -2.31. The van der Waals surface area contributed by atoms with E-state index >= 15 is 0 Å². The summed E-state index contributed by atoms with van der Waals surface area (Å²) >= 11 is 0. The number of carboxylic acids is 1. The SMILES string of the molecule is CC(C)(C)OC(=O)N[C@H]1CCCCCCC[C@@H]2C[C@@]2(C(=O)O)NC(=O)[C@@H]2C[C@@H](NC(=O)N3CCCc4ccccc43)CN2C1=O. The molecule has 3 fully saturated rings. The molecule has 5 rings (SSSR count). The number of aliphatic carboxylic acids is 1. The number of fused-ring (bicyclic) bond motifs is 3. The van der Waals surface area contributed by atoms with Crippen LogP contribution < -0.4 is 20.9 Å². The number of nitrogens with one attached hydrogen (secondary N) is 3. The first-order valence-electron chi connectivity index (χ1n) is 16.4. The molecule has 0 bridgehead atoms. The molecule has 12 nitrogen and oxygen atoms in total. The van der Waals surface area contributed by atoms with Gasteiger partial charge in [-0.15, -0.1) is 0 Å². The van der Waals surface area contributed by atoms with E-state index in [0.717, 1.165) is 49.8 Å². The second-order valence-corrected chi connectivity index (χ2v) is 14.0. The molecule has 246 valence electrons. The Bertz CT molecular complexity index is 1310. The number of aryl methyl sites for hydroxylation is 1. The van der Waals surface area contributed by atoms with E-state index in [1.54, 1.807) is 25.7 Å². The summed E-state index contributed by atoms with van der Waals surface area (Å²) in [5, 5.41) is 18.7. The van der Waals surface area contributed by atoms with Crippen molar-refractivity contribution < 1.29 is 33.8 Å².